The van der Waals surface area contributed by atoms with Gasteiger partial charge in [0.05, 0.1) is 25.6 Å². The van der Waals surface area contributed by atoms with Crippen molar-refractivity contribution in [2.24, 2.45) is 0 Å². The number of benzene rings is 2. The number of rotatable bonds is 5. The standard InChI is InChI=1S/C21H22N2O6/c1-13-11-18(24)22-14-7-4-5-8-15(14)23(13)19(25)12-29-21(26)20-16(27-2)9-6-10-17(20)28-3/h4-10,13H,11-12H2,1-3H3,(H,22,24)/t13-/m0/s1. The second-order valence-electron chi connectivity index (χ2n) is 6.50. The molecule has 1 heterocycles. The summed E-state index contributed by atoms with van der Waals surface area (Å²) in [4.78, 5) is 39.1. The first-order valence-corrected chi connectivity index (χ1v) is 9.05. The number of para-hydroxylation sites is 2. The Hall–Kier alpha value is -3.55. The fraction of sp³-hybridized carbons (Fsp3) is 0.286. The molecule has 1 aliphatic heterocycles. The fourth-order valence-electron chi connectivity index (χ4n) is 3.29. The summed E-state index contributed by atoms with van der Waals surface area (Å²) in [5.74, 6) is -0.799. The third kappa shape index (κ3) is 4.16. The Balaban J connectivity index is 1.81. The number of methoxy groups -OCH3 is 2. The molecule has 29 heavy (non-hydrogen) atoms. The number of esters is 1. The number of hydrogen-bond acceptors (Lipinski definition) is 6. The molecule has 0 unspecified atom stereocenters. The highest BCUT2D eigenvalue weighted by atomic mass is 16.5. The van der Waals surface area contributed by atoms with E-state index in [1.807, 2.05) is 0 Å². The molecule has 0 aliphatic carbocycles. The Morgan fingerprint density at radius 3 is 2.38 bits per heavy atom. The summed E-state index contributed by atoms with van der Waals surface area (Å²) in [6.45, 7) is 1.28. The molecule has 1 N–H and O–H groups in total. The van der Waals surface area contributed by atoms with E-state index in [-0.39, 0.29) is 29.4 Å². The molecule has 0 spiro atoms. The third-order valence-electron chi connectivity index (χ3n) is 4.59. The first-order valence-electron chi connectivity index (χ1n) is 9.05. The zero-order chi connectivity index (χ0) is 21.0. The predicted octanol–water partition coefficient (Wildman–Crippen LogP) is 2.62. The molecule has 0 saturated heterocycles. The second-order valence-corrected chi connectivity index (χ2v) is 6.50. The number of anilines is 2. The van der Waals surface area contributed by atoms with E-state index in [0.29, 0.717) is 11.4 Å². The van der Waals surface area contributed by atoms with Crippen molar-refractivity contribution >= 4 is 29.2 Å². The van der Waals surface area contributed by atoms with Gasteiger partial charge in [-0.3, -0.25) is 9.59 Å². The average molecular weight is 398 g/mol. The van der Waals surface area contributed by atoms with Crippen molar-refractivity contribution in [3.05, 3.63) is 48.0 Å². The van der Waals surface area contributed by atoms with Gasteiger partial charge in [-0.2, -0.15) is 0 Å². The quantitative estimate of drug-likeness (QED) is 0.778. The number of nitrogens with one attached hydrogen (secondary N) is 1. The third-order valence-corrected chi connectivity index (χ3v) is 4.59. The molecule has 8 nitrogen and oxygen atoms in total. The molecule has 2 aromatic rings. The number of fused-ring (bicyclic) bond motifs is 1. The van der Waals surface area contributed by atoms with Gasteiger partial charge >= 0.3 is 5.97 Å². The van der Waals surface area contributed by atoms with Crippen LogP contribution in [-0.2, 0) is 14.3 Å². The number of nitrogens with zero attached hydrogens (tertiary/aromatic N) is 1. The Morgan fingerprint density at radius 1 is 1.07 bits per heavy atom. The summed E-state index contributed by atoms with van der Waals surface area (Å²) >= 11 is 0. The maximum atomic E-state index is 12.9. The van der Waals surface area contributed by atoms with Gasteiger partial charge in [0.2, 0.25) is 5.91 Å². The minimum atomic E-state index is -0.738. The zero-order valence-corrected chi connectivity index (χ0v) is 16.4. The smallest absolute Gasteiger partial charge is 0.346 e. The first kappa shape index (κ1) is 20.2. The average Bonchev–Trinajstić information content (AvgIpc) is 2.85. The highest BCUT2D eigenvalue weighted by molar-refractivity contribution is 6.05. The molecule has 0 saturated carbocycles. The summed E-state index contributed by atoms with van der Waals surface area (Å²) in [7, 11) is 2.85. The van der Waals surface area contributed by atoms with Crippen molar-refractivity contribution in [1.82, 2.24) is 0 Å². The van der Waals surface area contributed by atoms with Gasteiger partial charge in [0.15, 0.2) is 6.61 Å². The van der Waals surface area contributed by atoms with E-state index < -0.39 is 24.5 Å². The van der Waals surface area contributed by atoms with Crippen LogP contribution in [0.2, 0.25) is 0 Å². The molecule has 3 rings (SSSR count). The summed E-state index contributed by atoms with van der Waals surface area (Å²) in [6.07, 6.45) is 0.134. The van der Waals surface area contributed by atoms with Crippen LogP contribution in [0.15, 0.2) is 42.5 Å². The summed E-state index contributed by atoms with van der Waals surface area (Å²) < 4.78 is 15.7. The number of carbonyl (C=O) groups is 3. The van der Waals surface area contributed by atoms with Crippen LogP contribution >= 0.6 is 0 Å². The first-order chi connectivity index (χ1) is 14.0. The largest absolute Gasteiger partial charge is 0.496 e. The van der Waals surface area contributed by atoms with E-state index in [0.717, 1.165) is 0 Å². The van der Waals surface area contributed by atoms with Crippen LogP contribution in [0.4, 0.5) is 11.4 Å². The lowest BCUT2D eigenvalue weighted by atomic mass is 10.1. The van der Waals surface area contributed by atoms with Gasteiger partial charge in [-0.05, 0) is 31.2 Å². The van der Waals surface area contributed by atoms with Gasteiger partial charge in [-0.25, -0.2) is 4.79 Å². The molecule has 0 aromatic heterocycles. The van der Waals surface area contributed by atoms with Crippen molar-refractivity contribution in [1.29, 1.82) is 0 Å². The molecule has 0 fully saturated rings. The lowest BCUT2D eigenvalue weighted by Crippen LogP contribution is -2.41. The highest BCUT2D eigenvalue weighted by Gasteiger charge is 2.30. The topological polar surface area (TPSA) is 94.2 Å². The number of hydrogen-bond donors (Lipinski definition) is 1. The van der Waals surface area contributed by atoms with E-state index in [1.54, 1.807) is 49.4 Å². The van der Waals surface area contributed by atoms with E-state index in [9.17, 15) is 14.4 Å². The number of carbonyl (C=O) groups excluding carboxylic acids is 3. The maximum Gasteiger partial charge on any atom is 0.346 e. The number of ether oxygens (including phenoxy) is 3. The summed E-state index contributed by atoms with van der Waals surface area (Å²) in [6, 6.07) is 11.5. The van der Waals surface area contributed by atoms with E-state index in [4.69, 9.17) is 14.2 Å². The minimum Gasteiger partial charge on any atom is -0.496 e. The Kier molecular flexibility index (Phi) is 6.01. The lowest BCUT2D eigenvalue weighted by molar-refractivity contribution is -0.122. The van der Waals surface area contributed by atoms with Crippen molar-refractivity contribution in [2.75, 3.05) is 31.0 Å². The van der Waals surface area contributed by atoms with Crippen molar-refractivity contribution < 1.29 is 28.6 Å². The molecule has 2 amide bonds. The Morgan fingerprint density at radius 2 is 1.72 bits per heavy atom. The van der Waals surface area contributed by atoms with Gasteiger partial charge in [-0.1, -0.05) is 18.2 Å². The van der Waals surface area contributed by atoms with Gasteiger partial charge in [0.1, 0.15) is 17.1 Å². The molecule has 1 aliphatic rings. The van der Waals surface area contributed by atoms with Crippen LogP contribution in [0.1, 0.15) is 23.7 Å². The van der Waals surface area contributed by atoms with Crippen LogP contribution in [0, 0.1) is 0 Å². The normalized spacial score (nSPS) is 15.6. The maximum absolute atomic E-state index is 12.9. The fourth-order valence-corrected chi connectivity index (χ4v) is 3.29. The summed E-state index contributed by atoms with van der Waals surface area (Å²) in [5.41, 5.74) is 1.20. The molecule has 2 aromatic carbocycles. The van der Waals surface area contributed by atoms with Gasteiger partial charge in [-0.15, -0.1) is 0 Å². The predicted molar refractivity (Wildman–Crippen MR) is 106 cm³/mol. The number of amides is 2. The minimum absolute atomic E-state index is 0.103. The summed E-state index contributed by atoms with van der Waals surface area (Å²) in [5, 5.41) is 2.78. The van der Waals surface area contributed by atoms with Gasteiger partial charge < -0.3 is 24.4 Å². The van der Waals surface area contributed by atoms with Crippen molar-refractivity contribution in [3.8, 4) is 11.5 Å². The van der Waals surface area contributed by atoms with Gasteiger partial charge in [0, 0.05) is 12.5 Å². The van der Waals surface area contributed by atoms with Gasteiger partial charge in [0.25, 0.3) is 5.91 Å². The molecule has 152 valence electrons. The molecular formula is C21H22N2O6. The second kappa shape index (κ2) is 8.64. The molecule has 0 radical (unpaired) electrons. The van der Waals surface area contributed by atoms with Crippen LogP contribution in [0.5, 0.6) is 11.5 Å². The van der Waals surface area contributed by atoms with Crippen LogP contribution in [0.25, 0.3) is 0 Å². The van der Waals surface area contributed by atoms with E-state index in [2.05, 4.69) is 5.32 Å². The Labute approximate surface area is 168 Å². The molecule has 0 bridgehead atoms. The van der Waals surface area contributed by atoms with Crippen LogP contribution in [-0.4, -0.2) is 44.7 Å². The Bertz CT molecular complexity index is 920. The lowest BCUT2D eigenvalue weighted by Gasteiger charge is -2.27. The zero-order valence-electron chi connectivity index (χ0n) is 16.4. The molecule has 8 heteroatoms. The SMILES string of the molecule is COc1cccc(OC)c1C(=O)OCC(=O)N1c2ccccc2NC(=O)C[C@@H]1C. The monoisotopic (exact) mass is 398 g/mol. The van der Waals surface area contributed by atoms with Crippen LogP contribution < -0.4 is 19.7 Å². The van der Waals surface area contributed by atoms with E-state index in [1.165, 1.54) is 19.1 Å². The van der Waals surface area contributed by atoms with Crippen molar-refractivity contribution in [3.63, 3.8) is 0 Å². The van der Waals surface area contributed by atoms with Crippen LogP contribution in [0.3, 0.4) is 0 Å². The van der Waals surface area contributed by atoms with E-state index >= 15 is 0 Å². The molecule has 1 atom stereocenters. The van der Waals surface area contributed by atoms with Crippen molar-refractivity contribution in [2.45, 2.75) is 19.4 Å². The molecular weight excluding hydrogens is 376 g/mol. The highest BCUT2D eigenvalue weighted by Crippen LogP contribution is 2.32.